The smallest absolute Gasteiger partial charge is 0.257 e. The second-order valence-corrected chi connectivity index (χ2v) is 16.7. The molecule has 0 radical (unpaired) electrons. The van der Waals surface area contributed by atoms with Crippen LogP contribution < -0.4 is 10.9 Å². The van der Waals surface area contributed by atoms with E-state index in [9.17, 15) is 14.9 Å². The Bertz CT molecular complexity index is 1520. The largest absolute Gasteiger partial charge is 0.361 e. The highest BCUT2D eigenvalue weighted by Gasteiger charge is 2.54. The summed E-state index contributed by atoms with van der Waals surface area (Å²) in [5, 5.41) is 22.5. The van der Waals surface area contributed by atoms with Crippen LogP contribution in [0.25, 0.3) is 10.9 Å². The van der Waals surface area contributed by atoms with E-state index in [0.29, 0.717) is 58.4 Å². The Balaban J connectivity index is 1.73. The molecule has 0 saturated heterocycles. The van der Waals surface area contributed by atoms with Gasteiger partial charge in [-0.3, -0.25) is 14.2 Å². The number of aryl methyl sites for hydroxylation is 1. The number of benzene rings is 1. The van der Waals surface area contributed by atoms with Gasteiger partial charge in [-0.05, 0) is 50.4 Å². The highest BCUT2D eigenvalue weighted by molar-refractivity contribution is 6.76. The number of pyridine rings is 1. The molecule has 1 fully saturated rings. The van der Waals surface area contributed by atoms with E-state index in [1.54, 1.807) is 23.6 Å². The maximum absolute atomic E-state index is 14.0. The van der Waals surface area contributed by atoms with Gasteiger partial charge in [-0.25, -0.2) is 9.97 Å². The lowest BCUT2D eigenvalue weighted by Gasteiger charge is -2.23. The van der Waals surface area contributed by atoms with Crippen LogP contribution in [0.4, 0.5) is 0 Å². The Morgan fingerprint density at radius 2 is 1.89 bits per heavy atom. The van der Waals surface area contributed by atoms with Gasteiger partial charge in [0.15, 0.2) is 0 Å². The highest BCUT2D eigenvalue weighted by Crippen LogP contribution is 2.49. The molecule has 4 rings (SSSR count). The summed E-state index contributed by atoms with van der Waals surface area (Å²) in [6, 6.07) is 9.97. The Morgan fingerprint density at radius 1 is 1.21 bits per heavy atom. The number of aromatic nitrogens is 3. The van der Waals surface area contributed by atoms with Gasteiger partial charge in [0.2, 0.25) is 5.91 Å². The van der Waals surface area contributed by atoms with Gasteiger partial charge in [-0.15, -0.1) is 0 Å². The Hall–Kier alpha value is -3.86. The van der Waals surface area contributed by atoms with E-state index in [1.165, 1.54) is 12.4 Å². The maximum Gasteiger partial charge on any atom is 0.257 e. The van der Waals surface area contributed by atoms with Crippen molar-refractivity contribution in [1.29, 1.82) is 10.5 Å². The molecule has 2 aromatic heterocycles. The third-order valence-corrected chi connectivity index (χ3v) is 8.78. The molecule has 0 bridgehead atoms. The van der Waals surface area contributed by atoms with Gasteiger partial charge in [0, 0.05) is 38.0 Å². The van der Waals surface area contributed by atoms with Gasteiger partial charge in [0.1, 0.15) is 18.6 Å². The number of nitrogens with one attached hydrogen (secondary N) is 1. The lowest BCUT2D eigenvalue weighted by Crippen LogP contribution is -2.42. The summed E-state index contributed by atoms with van der Waals surface area (Å²) >= 11 is 0. The van der Waals surface area contributed by atoms with Crippen LogP contribution >= 0.6 is 0 Å². The minimum atomic E-state index is -1.32. The summed E-state index contributed by atoms with van der Waals surface area (Å²) in [4.78, 5) is 36.0. The average Bonchev–Trinajstić information content (AvgIpc) is 3.69. The molecule has 196 valence electrons. The van der Waals surface area contributed by atoms with Gasteiger partial charge < -0.3 is 10.1 Å². The van der Waals surface area contributed by atoms with Crippen molar-refractivity contribution in [2.45, 2.75) is 70.6 Å². The predicted molar refractivity (Wildman–Crippen MR) is 146 cm³/mol. The average molecular weight is 529 g/mol. The second-order valence-electron chi connectivity index (χ2n) is 11.1. The molecule has 2 heterocycles. The lowest BCUT2D eigenvalue weighted by molar-refractivity contribution is -0.124. The van der Waals surface area contributed by atoms with Crippen molar-refractivity contribution >= 4 is 24.9 Å². The van der Waals surface area contributed by atoms with Gasteiger partial charge in [0.05, 0.1) is 34.2 Å². The first-order valence-corrected chi connectivity index (χ1v) is 16.4. The molecule has 10 heteroatoms. The summed E-state index contributed by atoms with van der Waals surface area (Å²) in [7, 11) is -1.32. The van der Waals surface area contributed by atoms with Crippen LogP contribution in [-0.4, -0.2) is 35.1 Å². The van der Waals surface area contributed by atoms with Crippen molar-refractivity contribution in [3.8, 4) is 12.1 Å². The first kappa shape index (κ1) is 27.2. The second kappa shape index (κ2) is 10.5. The fraction of sp³-hybridized carbons (Fsp3) is 0.429. The molecule has 1 saturated carbocycles. The molecule has 1 amide bonds. The zero-order valence-corrected chi connectivity index (χ0v) is 23.5. The summed E-state index contributed by atoms with van der Waals surface area (Å²) in [5.74, 6) is 0.0986. The molecule has 9 nitrogen and oxygen atoms in total. The SMILES string of the molecule is Cc1c(C2(C(=O)N[C@@H](C)c3ncc(C#N)cn3)CC2)c(=O)n(COCC[Si](C)(C)C)c2cccc(C#N)c12. The minimum absolute atomic E-state index is 0.0508. The highest BCUT2D eigenvalue weighted by atomic mass is 28.3. The summed E-state index contributed by atoms with van der Waals surface area (Å²) < 4.78 is 7.52. The Morgan fingerprint density at radius 3 is 2.47 bits per heavy atom. The molecular weight excluding hydrogens is 496 g/mol. The first-order chi connectivity index (χ1) is 18.0. The van der Waals surface area contributed by atoms with Crippen LogP contribution in [0.2, 0.25) is 25.7 Å². The van der Waals surface area contributed by atoms with Gasteiger partial charge in [-0.2, -0.15) is 10.5 Å². The van der Waals surface area contributed by atoms with Gasteiger partial charge in [0.25, 0.3) is 5.56 Å². The molecule has 1 aliphatic carbocycles. The van der Waals surface area contributed by atoms with Gasteiger partial charge in [-0.1, -0.05) is 25.7 Å². The molecular formula is C28H32N6O3Si. The molecule has 1 aliphatic rings. The van der Waals surface area contributed by atoms with Crippen molar-refractivity contribution < 1.29 is 9.53 Å². The predicted octanol–water partition coefficient (Wildman–Crippen LogP) is 4.06. The van der Waals surface area contributed by atoms with Crippen LogP contribution in [0.1, 0.15) is 53.9 Å². The zero-order chi connectivity index (χ0) is 27.7. The van der Waals surface area contributed by atoms with E-state index in [0.717, 1.165) is 6.04 Å². The van der Waals surface area contributed by atoms with Crippen molar-refractivity contribution in [3.05, 3.63) is 69.0 Å². The quantitative estimate of drug-likeness (QED) is 0.327. The molecule has 0 unspecified atom stereocenters. The number of carbonyl (C=O) groups excluding carboxylic acids is 1. The molecule has 3 aromatic rings. The standard InChI is InChI=1S/C28H32N6O3Si/c1-18-23-21(14-30)7-6-8-22(23)34(17-37-11-12-38(3,4)5)26(35)24(18)28(9-10-28)27(36)33-19(2)25-31-15-20(13-29)16-32-25/h6-8,15-16,19H,9-12,17H2,1-5H3,(H,33,36)/t19-/m0/s1. The minimum Gasteiger partial charge on any atom is -0.361 e. The maximum atomic E-state index is 14.0. The number of hydrogen-bond donors (Lipinski definition) is 1. The molecule has 1 atom stereocenters. The molecule has 1 aromatic carbocycles. The van der Waals surface area contributed by atoms with E-state index in [2.05, 4.69) is 41.0 Å². The normalized spacial score (nSPS) is 14.9. The van der Waals surface area contributed by atoms with E-state index in [1.807, 2.05) is 19.1 Å². The van der Waals surface area contributed by atoms with E-state index in [4.69, 9.17) is 10.00 Å². The van der Waals surface area contributed by atoms with E-state index >= 15 is 0 Å². The number of fused-ring (bicyclic) bond motifs is 1. The van der Waals surface area contributed by atoms with Crippen molar-refractivity contribution in [2.75, 3.05) is 6.61 Å². The van der Waals surface area contributed by atoms with Crippen molar-refractivity contribution in [2.24, 2.45) is 0 Å². The first-order valence-electron chi connectivity index (χ1n) is 12.7. The molecule has 1 N–H and O–H groups in total. The van der Waals surface area contributed by atoms with Crippen molar-refractivity contribution in [1.82, 2.24) is 19.9 Å². The van der Waals surface area contributed by atoms with E-state index in [-0.39, 0.29) is 18.2 Å². The fourth-order valence-electron chi connectivity index (χ4n) is 4.74. The van der Waals surface area contributed by atoms with Crippen LogP contribution in [-0.2, 0) is 21.7 Å². The number of rotatable bonds is 9. The Kier molecular flexibility index (Phi) is 7.50. The molecule has 0 spiro atoms. The summed E-state index contributed by atoms with van der Waals surface area (Å²) in [6.07, 6.45) is 3.87. The third kappa shape index (κ3) is 5.24. The molecule has 38 heavy (non-hydrogen) atoms. The number of ether oxygens (including phenoxy) is 1. The fourth-order valence-corrected chi connectivity index (χ4v) is 5.50. The monoisotopic (exact) mass is 528 g/mol. The number of amides is 1. The molecule has 0 aliphatic heterocycles. The topological polar surface area (TPSA) is 134 Å². The van der Waals surface area contributed by atoms with Crippen LogP contribution in [0.5, 0.6) is 0 Å². The van der Waals surface area contributed by atoms with Crippen LogP contribution in [0, 0.1) is 29.6 Å². The summed E-state index contributed by atoms with van der Waals surface area (Å²) in [6.45, 7) is 11.0. The number of nitriles is 2. The van der Waals surface area contributed by atoms with Gasteiger partial charge >= 0.3 is 0 Å². The number of hydrogen-bond acceptors (Lipinski definition) is 7. The number of nitrogens with zero attached hydrogens (tertiary/aromatic N) is 5. The van der Waals surface area contributed by atoms with Crippen LogP contribution in [0.15, 0.2) is 35.4 Å². The zero-order valence-electron chi connectivity index (χ0n) is 22.5. The van der Waals surface area contributed by atoms with E-state index < -0.39 is 19.5 Å². The third-order valence-electron chi connectivity index (χ3n) is 7.08. The summed E-state index contributed by atoms with van der Waals surface area (Å²) in [5.41, 5.74) is 1.19. The van der Waals surface area contributed by atoms with Crippen molar-refractivity contribution in [3.63, 3.8) is 0 Å². The lowest BCUT2D eigenvalue weighted by atomic mass is 9.88. The van der Waals surface area contributed by atoms with Crippen LogP contribution in [0.3, 0.4) is 0 Å². The Labute approximate surface area is 223 Å². The number of carbonyl (C=O) groups is 1.